The standard InChI is InChI=1S/C18H25NO2S/c1-4-7-8-11-20-14-9-10-15-16(12-14)21-18(13-17(15)22)19(5-2)6-3/h9-10,12-13H,4-8,11H2,1-3H3. The van der Waals surface area contributed by atoms with Crippen molar-refractivity contribution >= 4 is 29.1 Å². The number of unbranched alkanes of at least 4 members (excludes halogenated alkanes) is 2. The second kappa shape index (κ2) is 8.18. The van der Waals surface area contributed by atoms with Crippen LogP contribution in [0.25, 0.3) is 11.0 Å². The van der Waals surface area contributed by atoms with Crippen molar-refractivity contribution in [3.63, 3.8) is 0 Å². The number of rotatable bonds is 8. The van der Waals surface area contributed by atoms with Crippen LogP contribution >= 0.6 is 12.2 Å². The molecule has 0 radical (unpaired) electrons. The van der Waals surface area contributed by atoms with Crippen LogP contribution in [0.5, 0.6) is 5.75 Å². The van der Waals surface area contributed by atoms with Crippen molar-refractivity contribution in [2.45, 2.75) is 40.0 Å². The summed E-state index contributed by atoms with van der Waals surface area (Å²) in [5, 5.41) is 0.965. The van der Waals surface area contributed by atoms with Crippen molar-refractivity contribution in [3.8, 4) is 5.75 Å². The molecule has 0 amide bonds. The predicted octanol–water partition coefficient (Wildman–Crippen LogP) is 5.58. The number of benzene rings is 1. The lowest BCUT2D eigenvalue weighted by atomic mass is 10.2. The Bertz CT molecular complexity index is 662. The van der Waals surface area contributed by atoms with Crippen LogP contribution in [0.15, 0.2) is 28.7 Å². The molecular formula is C18H25NO2S. The van der Waals surface area contributed by atoms with Crippen molar-refractivity contribution in [2.24, 2.45) is 0 Å². The van der Waals surface area contributed by atoms with Gasteiger partial charge in [0, 0.05) is 30.6 Å². The Hall–Kier alpha value is -1.55. The maximum atomic E-state index is 6.03. The van der Waals surface area contributed by atoms with Gasteiger partial charge >= 0.3 is 0 Å². The number of ether oxygens (including phenoxy) is 1. The van der Waals surface area contributed by atoms with Gasteiger partial charge in [0.05, 0.1) is 11.1 Å². The summed E-state index contributed by atoms with van der Waals surface area (Å²) >= 11 is 5.49. The molecule has 0 atom stereocenters. The Morgan fingerprint density at radius 3 is 2.55 bits per heavy atom. The van der Waals surface area contributed by atoms with Gasteiger partial charge in [-0.15, -0.1) is 0 Å². The zero-order chi connectivity index (χ0) is 15.9. The lowest BCUT2D eigenvalue weighted by molar-refractivity contribution is 0.306. The minimum atomic E-state index is 0.746. The van der Waals surface area contributed by atoms with E-state index in [1.807, 2.05) is 24.3 Å². The molecule has 0 fully saturated rings. The average molecular weight is 319 g/mol. The molecule has 4 heteroatoms. The third-order valence-electron chi connectivity index (χ3n) is 3.78. The van der Waals surface area contributed by atoms with Gasteiger partial charge < -0.3 is 14.1 Å². The van der Waals surface area contributed by atoms with E-state index >= 15 is 0 Å². The molecule has 1 heterocycles. The molecule has 1 aromatic heterocycles. The third-order valence-corrected chi connectivity index (χ3v) is 4.12. The van der Waals surface area contributed by atoms with E-state index in [2.05, 4.69) is 25.7 Å². The highest BCUT2D eigenvalue weighted by molar-refractivity contribution is 7.71. The molecule has 0 bridgehead atoms. The smallest absolute Gasteiger partial charge is 0.197 e. The fraction of sp³-hybridized carbons (Fsp3) is 0.500. The lowest BCUT2D eigenvalue weighted by Crippen LogP contribution is -2.21. The van der Waals surface area contributed by atoms with Gasteiger partial charge in [0.1, 0.15) is 11.3 Å². The van der Waals surface area contributed by atoms with Crippen LogP contribution in [-0.2, 0) is 0 Å². The molecular weight excluding hydrogens is 294 g/mol. The summed E-state index contributed by atoms with van der Waals surface area (Å²) in [5.74, 6) is 1.67. The Kier molecular flexibility index (Phi) is 6.25. The molecule has 0 aliphatic carbocycles. The van der Waals surface area contributed by atoms with E-state index in [1.54, 1.807) is 0 Å². The van der Waals surface area contributed by atoms with Crippen LogP contribution in [0, 0.1) is 4.51 Å². The molecule has 22 heavy (non-hydrogen) atoms. The predicted molar refractivity (Wildman–Crippen MR) is 95.6 cm³/mol. The van der Waals surface area contributed by atoms with Crippen molar-refractivity contribution in [2.75, 3.05) is 24.6 Å². The molecule has 0 saturated carbocycles. The number of nitrogens with zero attached hydrogens (tertiary/aromatic N) is 1. The lowest BCUT2D eigenvalue weighted by Gasteiger charge is -2.19. The van der Waals surface area contributed by atoms with Crippen molar-refractivity contribution in [1.29, 1.82) is 0 Å². The normalized spacial score (nSPS) is 10.9. The van der Waals surface area contributed by atoms with Crippen LogP contribution in [-0.4, -0.2) is 19.7 Å². The van der Waals surface area contributed by atoms with Crippen LogP contribution in [0.1, 0.15) is 40.0 Å². The van der Waals surface area contributed by atoms with E-state index < -0.39 is 0 Å². The quantitative estimate of drug-likeness (QED) is 0.469. The van der Waals surface area contributed by atoms with Crippen molar-refractivity contribution < 1.29 is 9.15 Å². The molecule has 120 valence electrons. The second-order valence-electron chi connectivity index (χ2n) is 5.33. The summed E-state index contributed by atoms with van der Waals surface area (Å²) in [6.07, 6.45) is 3.47. The first kappa shape index (κ1) is 16.8. The molecule has 0 aliphatic rings. The van der Waals surface area contributed by atoms with Gasteiger partial charge in [0.15, 0.2) is 5.88 Å². The minimum absolute atomic E-state index is 0.746. The maximum Gasteiger partial charge on any atom is 0.197 e. The first-order chi connectivity index (χ1) is 10.7. The summed E-state index contributed by atoms with van der Waals surface area (Å²) in [6.45, 7) is 8.95. The van der Waals surface area contributed by atoms with Crippen molar-refractivity contribution in [3.05, 3.63) is 28.8 Å². The SMILES string of the molecule is CCCCCOc1ccc2c(=S)cc(N(CC)CC)oc2c1. The van der Waals surface area contributed by atoms with E-state index in [4.69, 9.17) is 21.4 Å². The molecule has 0 unspecified atom stereocenters. The zero-order valence-electron chi connectivity index (χ0n) is 13.7. The first-order valence-electron chi connectivity index (χ1n) is 8.15. The van der Waals surface area contributed by atoms with E-state index in [0.717, 1.165) is 53.2 Å². The maximum absolute atomic E-state index is 6.03. The summed E-state index contributed by atoms with van der Waals surface area (Å²) in [7, 11) is 0. The Morgan fingerprint density at radius 1 is 1.09 bits per heavy atom. The highest BCUT2D eigenvalue weighted by Crippen LogP contribution is 2.27. The summed E-state index contributed by atoms with van der Waals surface area (Å²) in [6, 6.07) is 7.84. The summed E-state index contributed by atoms with van der Waals surface area (Å²) in [5.41, 5.74) is 0.794. The fourth-order valence-electron chi connectivity index (χ4n) is 2.45. The average Bonchev–Trinajstić information content (AvgIpc) is 2.52. The monoisotopic (exact) mass is 319 g/mol. The summed E-state index contributed by atoms with van der Waals surface area (Å²) in [4.78, 5) is 2.16. The number of hydrogen-bond acceptors (Lipinski definition) is 4. The molecule has 3 nitrogen and oxygen atoms in total. The minimum Gasteiger partial charge on any atom is -0.493 e. The zero-order valence-corrected chi connectivity index (χ0v) is 14.5. The molecule has 2 rings (SSSR count). The van der Waals surface area contributed by atoms with Crippen molar-refractivity contribution in [1.82, 2.24) is 0 Å². The Morgan fingerprint density at radius 2 is 1.86 bits per heavy atom. The summed E-state index contributed by atoms with van der Waals surface area (Å²) < 4.78 is 12.7. The highest BCUT2D eigenvalue weighted by atomic mass is 32.1. The Labute approximate surface area is 137 Å². The van der Waals surface area contributed by atoms with Crippen LogP contribution in [0.2, 0.25) is 0 Å². The van der Waals surface area contributed by atoms with E-state index in [9.17, 15) is 0 Å². The second-order valence-corrected chi connectivity index (χ2v) is 5.77. The topological polar surface area (TPSA) is 25.6 Å². The van der Waals surface area contributed by atoms with Gasteiger partial charge in [0.25, 0.3) is 0 Å². The van der Waals surface area contributed by atoms with Gasteiger partial charge in [-0.2, -0.15) is 0 Å². The third kappa shape index (κ3) is 4.01. The Balaban J connectivity index is 2.27. The molecule has 0 spiro atoms. The van der Waals surface area contributed by atoms with Gasteiger partial charge in [-0.1, -0.05) is 32.0 Å². The van der Waals surface area contributed by atoms with E-state index in [-0.39, 0.29) is 0 Å². The number of anilines is 1. The number of hydrogen-bond donors (Lipinski definition) is 0. The largest absolute Gasteiger partial charge is 0.493 e. The molecule has 0 aliphatic heterocycles. The van der Waals surface area contributed by atoms with Crippen LogP contribution in [0.4, 0.5) is 5.88 Å². The fourth-order valence-corrected chi connectivity index (χ4v) is 2.72. The van der Waals surface area contributed by atoms with Gasteiger partial charge in [0.2, 0.25) is 0 Å². The van der Waals surface area contributed by atoms with E-state index in [1.165, 1.54) is 12.8 Å². The molecule has 0 N–H and O–H groups in total. The molecule has 1 aromatic carbocycles. The van der Waals surface area contributed by atoms with E-state index in [0.29, 0.717) is 0 Å². The van der Waals surface area contributed by atoms with Gasteiger partial charge in [-0.25, -0.2) is 0 Å². The van der Waals surface area contributed by atoms with Gasteiger partial charge in [-0.3, -0.25) is 0 Å². The number of fused-ring (bicyclic) bond motifs is 1. The van der Waals surface area contributed by atoms with Gasteiger partial charge in [-0.05, 0) is 32.4 Å². The molecule has 0 saturated heterocycles. The highest BCUT2D eigenvalue weighted by Gasteiger charge is 2.08. The first-order valence-corrected chi connectivity index (χ1v) is 8.56. The van der Waals surface area contributed by atoms with Crippen LogP contribution < -0.4 is 9.64 Å². The molecule has 2 aromatic rings. The van der Waals surface area contributed by atoms with Crippen LogP contribution in [0.3, 0.4) is 0 Å².